The van der Waals surface area contributed by atoms with E-state index in [1.165, 1.54) is 6.33 Å². The van der Waals surface area contributed by atoms with Crippen molar-refractivity contribution in [1.82, 2.24) is 24.8 Å². The number of rotatable bonds is 6. The van der Waals surface area contributed by atoms with Crippen LogP contribution in [0.3, 0.4) is 0 Å². The van der Waals surface area contributed by atoms with E-state index in [0.29, 0.717) is 12.4 Å². The van der Waals surface area contributed by atoms with Crippen LogP contribution in [0, 0.1) is 0 Å². The highest BCUT2D eigenvalue weighted by Crippen LogP contribution is 2.15. The minimum absolute atomic E-state index is 0.104. The lowest BCUT2D eigenvalue weighted by molar-refractivity contribution is 0.575. The highest BCUT2D eigenvalue weighted by molar-refractivity contribution is 7.89. The summed E-state index contributed by atoms with van der Waals surface area (Å²) in [6.07, 6.45) is 1.53. The molecule has 1 aromatic carbocycles. The van der Waals surface area contributed by atoms with E-state index >= 15 is 0 Å². The third-order valence-corrected chi connectivity index (χ3v) is 4.36. The fourth-order valence-electron chi connectivity index (χ4n) is 1.81. The van der Waals surface area contributed by atoms with Crippen molar-refractivity contribution in [1.29, 1.82) is 0 Å². The Morgan fingerprint density at radius 2 is 2.00 bits per heavy atom. The summed E-state index contributed by atoms with van der Waals surface area (Å²) in [4.78, 5) is 0.275. The van der Waals surface area contributed by atoms with Crippen molar-refractivity contribution >= 4 is 10.0 Å². The van der Waals surface area contributed by atoms with Crippen molar-refractivity contribution in [2.45, 2.75) is 18.0 Å². The maximum absolute atomic E-state index is 12.3. The summed E-state index contributed by atoms with van der Waals surface area (Å²) in [7, 11) is -0.0404. The van der Waals surface area contributed by atoms with Gasteiger partial charge in [-0.25, -0.2) is 13.1 Å². The van der Waals surface area contributed by atoms with Gasteiger partial charge in [0.1, 0.15) is 12.2 Å². The summed E-state index contributed by atoms with van der Waals surface area (Å²) in [6, 6.07) is 6.89. The summed E-state index contributed by atoms with van der Waals surface area (Å²) in [5, 5.41) is 10.5. The number of aryl methyl sites for hydroxylation is 1. The molecule has 1 aromatic heterocycles. The van der Waals surface area contributed by atoms with Crippen molar-refractivity contribution < 1.29 is 8.42 Å². The molecule has 8 heteroatoms. The van der Waals surface area contributed by atoms with Gasteiger partial charge in [0.2, 0.25) is 10.0 Å². The van der Waals surface area contributed by atoms with Gasteiger partial charge in [0.05, 0.1) is 11.4 Å². The summed E-state index contributed by atoms with van der Waals surface area (Å²) < 4.78 is 28.9. The number of sulfonamides is 1. The number of aromatic nitrogens is 3. The third kappa shape index (κ3) is 3.21. The fourth-order valence-corrected chi connectivity index (χ4v) is 3.02. The topological polar surface area (TPSA) is 88.9 Å². The number of benzene rings is 1. The van der Waals surface area contributed by atoms with Crippen LogP contribution in [-0.4, -0.2) is 30.2 Å². The first-order valence-electron chi connectivity index (χ1n) is 6.09. The van der Waals surface area contributed by atoms with Gasteiger partial charge in [0, 0.05) is 13.6 Å². The Balaban J connectivity index is 2.20. The minimum atomic E-state index is -3.58. The molecule has 2 aromatic rings. The predicted molar refractivity (Wildman–Crippen MR) is 74.2 cm³/mol. The van der Waals surface area contributed by atoms with Crippen molar-refractivity contribution in [2.75, 3.05) is 7.05 Å². The Bertz CT molecular complexity index is 681. The molecule has 0 saturated heterocycles. The summed E-state index contributed by atoms with van der Waals surface area (Å²) in [5.74, 6) is 0.555. The maximum Gasteiger partial charge on any atom is 0.241 e. The van der Waals surface area contributed by atoms with Crippen LogP contribution >= 0.6 is 0 Å². The number of hydrogen-bond donors (Lipinski definition) is 2. The van der Waals surface area contributed by atoms with Gasteiger partial charge >= 0.3 is 0 Å². The largest absolute Gasteiger partial charge is 0.320 e. The zero-order chi connectivity index (χ0) is 14.6. The van der Waals surface area contributed by atoms with E-state index < -0.39 is 10.0 Å². The average Bonchev–Trinajstić information content (AvgIpc) is 2.83. The Labute approximate surface area is 118 Å². The van der Waals surface area contributed by atoms with Gasteiger partial charge in [-0.2, -0.15) is 0 Å². The first-order chi connectivity index (χ1) is 9.54. The summed E-state index contributed by atoms with van der Waals surface area (Å²) in [5.41, 5.74) is 0.723. The summed E-state index contributed by atoms with van der Waals surface area (Å²) in [6.45, 7) is 0.591. The van der Waals surface area contributed by atoms with Gasteiger partial charge in [-0.3, -0.25) is 0 Å². The first kappa shape index (κ1) is 14.6. The van der Waals surface area contributed by atoms with Crippen LogP contribution < -0.4 is 10.0 Å². The number of nitrogens with zero attached hydrogens (tertiary/aromatic N) is 3. The Kier molecular flexibility index (Phi) is 4.48. The fraction of sp³-hybridized carbons (Fsp3) is 0.333. The summed E-state index contributed by atoms with van der Waals surface area (Å²) >= 11 is 0. The standard InChI is InChI=1S/C12H17N5O2S/c1-13-7-10-5-3-4-6-11(10)20(18,19)15-8-12-16-14-9-17(12)2/h3-6,9,13,15H,7-8H2,1-2H3. The van der Waals surface area contributed by atoms with Crippen LogP contribution in [0.2, 0.25) is 0 Å². The molecule has 20 heavy (non-hydrogen) atoms. The van der Waals surface area contributed by atoms with E-state index in [-0.39, 0.29) is 11.4 Å². The molecular formula is C12H17N5O2S. The molecule has 0 amide bonds. The molecule has 0 saturated carbocycles. The maximum atomic E-state index is 12.3. The van der Waals surface area contributed by atoms with Crippen LogP contribution in [0.15, 0.2) is 35.5 Å². The van der Waals surface area contributed by atoms with Crippen molar-refractivity contribution in [3.05, 3.63) is 42.0 Å². The molecule has 0 aliphatic rings. The zero-order valence-corrected chi connectivity index (χ0v) is 12.2. The molecule has 0 unspecified atom stereocenters. The molecule has 0 bridgehead atoms. The van der Waals surface area contributed by atoms with Gasteiger partial charge in [-0.15, -0.1) is 10.2 Å². The first-order valence-corrected chi connectivity index (χ1v) is 7.58. The third-order valence-electron chi connectivity index (χ3n) is 2.85. The molecule has 0 fully saturated rings. The Hall–Kier alpha value is -1.77. The Morgan fingerprint density at radius 3 is 2.65 bits per heavy atom. The lowest BCUT2D eigenvalue weighted by Crippen LogP contribution is -2.26. The molecule has 7 nitrogen and oxygen atoms in total. The van der Waals surface area contributed by atoms with Gasteiger partial charge < -0.3 is 9.88 Å². The van der Waals surface area contributed by atoms with Crippen molar-refractivity contribution in [3.63, 3.8) is 0 Å². The molecular weight excluding hydrogens is 278 g/mol. The molecule has 2 rings (SSSR count). The molecule has 1 heterocycles. The SMILES string of the molecule is CNCc1ccccc1S(=O)(=O)NCc1nncn1C. The predicted octanol–water partition coefficient (Wildman–Crippen LogP) is 0.0130. The second-order valence-corrected chi connectivity index (χ2v) is 6.06. The van der Waals surface area contributed by atoms with Gasteiger partial charge in [-0.1, -0.05) is 18.2 Å². The average molecular weight is 295 g/mol. The van der Waals surface area contributed by atoms with E-state index in [1.54, 1.807) is 36.9 Å². The van der Waals surface area contributed by atoms with Crippen LogP contribution in [0.1, 0.15) is 11.4 Å². The van der Waals surface area contributed by atoms with E-state index in [0.717, 1.165) is 5.56 Å². The number of nitrogens with one attached hydrogen (secondary N) is 2. The van der Waals surface area contributed by atoms with Crippen molar-refractivity contribution in [2.24, 2.45) is 7.05 Å². The minimum Gasteiger partial charge on any atom is -0.320 e. The molecule has 108 valence electrons. The van der Waals surface area contributed by atoms with Gasteiger partial charge in [0.15, 0.2) is 0 Å². The zero-order valence-electron chi connectivity index (χ0n) is 11.4. The van der Waals surface area contributed by atoms with Crippen molar-refractivity contribution in [3.8, 4) is 0 Å². The molecule has 0 radical (unpaired) electrons. The quantitative estimate of drug-likeness (QED) is 0.784. The van der Waals surface area contributed by atoms with Gasteiger partial charge in [-0.05, 0) is 18.7 Å². The van der Waals surface area contributed by atoms with E-state index in [4.69, 9.17) is 0 Å². The normalized spacial score (nSPS) is 11.7. The lowest BCUT2D eigenvalue weighted by atomic mass is 10.2. The lowest BCUT2D eigenvalue weighted by Gasteiger charge is -2.11. The van der Waals surface area contributed by atoms with E-state index in [9.17, 15) is 8.42 Å². The second kappa shape index (κ2) is 6.12. The smallest absolute Gasteiger partial charge is 0.241 e. The number of hydrogen-bond acceptors (Lipinski definition) is 5. The van der Waals surface area contributed by atoms with E-state index in [2.05, 4.69) is 20.2 Å². The molecule has 2 N–H and O–H groups in total. The Morgan fingerprint density at radius 1 is 1.25 bits per heavy atom. The molecule has 0 spiro atoms. The second-order valence-electron chi connectivity index (χ2n) is 4.32. The monoisotopic (exact) mass is 295 g/mol. The van der Waals surface area contributed by atoms with E-state index in [1.807, 2.05) is 6.07 Å². The van der Waals surface area contributed by atoms with Gasteiger partial charge in [0.25, 0.3) is 0 Å². The molecule has 0 atom stereocenters. The molecule has 0 aliphatic carbocycles. The van der Waals surface area contributed by atoms with Crippen LogP contribution in [0.4, 0.5) is 0 Å². The highest BCUT2D eigenvalue weighted by atomic mass is 32.2. The van der Waals surface area contributed by atoms with Crippen LogP contribution in [0.5, 0.6) is 0 Å². The highest BCUT2D eigenvalue weighted by Gasteiger charge is 2.18. The van der Waals surface area contributed by atoms with Crippen LogP contribution in [0.25, 0.3) is 0 Å². The molecule has 0 aliphatic heterocycles. The van der Waals surface area contributed by atoms with Crippen LogP contribution in [-0.2, 0) is 30.2 Å².